The maximum atomic E-state index is 13.0. The molecule has 2 heterocycles. The maximum absolute atomic E-state index is 13.0. The number of hydrogen-bond acceptors (Lipinski definition) is 4. The number of aromatic nitrogens is 2. The minimum absolute atomic E-state index is 0. The van der Waals surface area contributed by atoms with E-state index < -0.39 is 11.7 Å². The average Bonchev–Trinajstić information content (AvgIpc) is 2.90. The van der Waals surface area contributed by atoms with Gasteiger partial charge in [0, 0.05) is 6.04 Å². The lowest BCUT2D eigenvalue weighted by Gasteiger charge is -2.18. The van der Waals surface area contributed by atoms with Gasteiger partial charge < -0.3 is 10.6 Å². The van der Waals surface area contributed by atoms with Crippen molar-refractivity contribution in [3.8, 4) is 0 Å². The number of hydrogen-bond donors (Lipinski definition) is 2. The first-order valence-electron chi connectivity index (χ1n) is 6.51. The zero-order valence-electron chi connectivity index (χ0n) is 11.0. The van der Waals surface area contributed by atoms with Gasteiger partial charge in [-0.1, -0.05) is 11.6 Å². The van der Waals surface area contributed by atoms with E-state index in [4.69, 9.17) is 11.6 Å². The van der Waals surface area contributed by atoms with Crippen LogP contribution < -0.4 is 10.6 Å². The normalized spacial score (nSPS) is 28.1. The largest absolute Gasteiger partial charge is 0.420 e. The number of rotatable bonds is 2. The molecule has 3 rings (SSSR count). The van der Waals surface area contributed by atoms with Gasteiger partial charge in [0.1, 0.15) is 5.56 Å². The number of nitrogens with one attached hydrogen (secondary N) is 2. The van der Waals surface area contributed by atoms with Gasteiger partial charge >= 0.3 is 6.18 Å². The van der Waals surface area contributed by atoms with Crippen molar-refractivity contribution in [3.05, 3.63) is 16.8 Å². The Morgan fingerprint density at radius 3 is 2.38 bits per heavy atom. The molecule has 1 saturated heterocycles. The van der Waals surface area contributed by atoms with E-state index in [-0.39, 0.29) is 29.4 Å². The molecule has 2 N–H and O–H groups in total. The van der Waals surface area contributed by atoms with Crippen molar-refractivity contribution in [1.29, 1.82) is 0 Å². The van der Waals surface area contributed by atoms with Crippen molar-refractivity contribution < 1.29 is 13.2 Å². The van der Waals surface area contributed by atoms with Gasteiger partial charge in [0.25, 0.3) is 0 Å². The molecule has 0 radical (unpaired) electrons. The van der Waals surface area contributed by atoms with Gasteiger partial charge in [-0.3, -0.25) is 0 Å². The summed E-state index contributed by atoms with van der Waals surface area (Å²) in [6, 6.07) is 0.831. The number of alkyl halides is 3. The molecule has 1 aromatic heterocycles. The molecule has 4 nitrogen and oxygen atoms in total. The third kappa shape index (κ3) is 3.52. The summed E-state index contributed by atoms with van der Waals surface area (Å²) >= 11 is 5.51. The van der Waals surface area contributed by atoms with Crippen LogP contribution in [0.2, 0.25) is 5.15 Å². The van der Waals surface area contributed by atoms with Gasteiger partial charge in [-0.15, -0.1) is 22.6 Å². The molecule has 0 bridgehead atoms. The third-order valence-corrected chi connectivity index (χ3v) is 4.25. The van der Waals surface area contributed by atoms with Crippen molar-refractivity contribution >= 4 is 29.8 Å². The van der Waals surface area contributed by atoms with Crippen LogP contribution in [-0.2, 0) is 6.18 Å². The Hall–Kier alpha value is -0.790. The molecule has 0 aromatic carbocycles. The molecule has 3 atom stereocenters. The van der Waals surface area contributed by atoms with E-state index in [9.17, 15) is 13.2 Å². The van der Waals surface area contributed by atoms with Gasteiger partial charge in [-0.05, 0) is 43.8 Å². The SMILES string of the molecule is Cl.FC(F)(F)c1cc(Cl)nnc1N[C@@H]1C[C@H]2CNC[C@H]2C1. The van der Waals surface area contributed by atoms with Crippen LogP contribution in [0.5, 0.6) is 0 Å². The zero-order chi connectivity index (χ0) is 14.3. The summed E-state index contributed by atoms with van der Waals surface area (Å²) in [5, 5.41) is 13.0. The molecular weight excluding hydrogens is 328 g/mol. The maximum Gasteiger partial charge on any atom is 0.420 e. The van der Waals surface area contributed by atoms with Crippen LogP contribution in [0, 0.1) is 11.8 Å². The first-order chi connectivity index (χ1) is 9.43. The Labute approximate surface area is 131 Å². The van der Waals surface area contributed by atoms with E-state index in [0.29, 0.717) is 11.8 Å². The average molecular weight is 343 g/mol. The van der Waals surface area contributed by atoms with Crippen molar-refractivity contribution in [2.75, 3.05) is 18.4 Å². The minimum atomic E-state index is -4.49. The Morgan fingerprint density at radius 1 is 1.19 bits per heavy atom. The summed E-state index contributed by atoms with van der Waals surface area (Å²) in [4.78, 5) is 0. The van der Waals surface area contributed by atoms with Crippen LogP contribution in [0.1, 0.15) is 18.4 Å². The van der Waals surface area contributed by atoms with Crippen molar-refractivity contribution in [2.24, 2.45) is 11.8 Å². The number of anilines is 1. The van der Waals surface area contributed by atoms with Gasteiger partial charge in [-0.2, -0.15) is 13.2 Å². The molecule has 1 saturated carbocycles. The highest BCUT2D eigenvalue weighted by molar-refractivity contribution is 6.29. The van der Waals surface area contributed by atoms with E-state index >= 15 is 0 Å². The van der Waals surface area contributed by atoms with Gasteiger partial charge in [0.15, 0.2) is 11.0 Å². The molecule has 1 aliphatic carbocycles. The fraction of sp³-hybridized carbons (Fsp3) is 0.667. The van der Waals surface area contributed by atoms with Crippen LogP contribution in [-0.4, -0.2) is 29.3 Å². The summed E-state index contributed by atoms with van der Waals surface area (Å²) in [7, 11) is 0. The predicted octanol–water partition coefficient (Wildman–Crippen LogP) is 2.98. The fourth-order valence-corrected chi connectivity index (χ4v) is 3.31. The Morgan fingerprint density at radius 2 is 1.81 bits per heavy atom. The Bertz CT molecular complexity index is 500. The zero-order valence-corrected chi connectivity index (χ0v) is 12.5. The van der Waals surface area contributed by atoms with E-state index in [1.165, 1.54) is 0 Å². The highest BCUT2D eigenvalue weighted by Crippen LogP contribution is 2.39. The molecule has 0 amide bonds. The molecule has 1 aliphatic heterocycles. The van der Waals surface area contributed by atoms with E-state index in [0.717, 1.165) is 32.0 Å². The van der Waals surface area contributed by atoms with Gasteiger partial charge in [-0.25, -0.2) is 0 Å². The first kappa shape index (κ1) is 16.6. The topological polar surface area (TPSA) is 49.8 Å². The highest BCUT2D eigenvalue weighted by atomic mass is 35.5. The molecule has 0 spiro atoms. The second-order valence-electron chi connectivity index (χ2n) is 5.42. The van der Waals surface area contributed by atoms with Crippen molar-refractivity contribution in [1.82, 2.24) is 15.5 Å². The Kier molecular flexibility index (Phi) is 4.85. The summed E-state index contributed by atoms with van der Waals surface area (Å²) in [6.45, 7) is 1.89. The lowest BCUT2D eigenvalue weighted by molar-refractivity contribution is -0.137. The molecule has 0 unspecified atom stereocenters. The van der Waals surface area contributed by atoms with E-state index in [1.807, 2.05) is 0 Å². The third-order valence-electron chi connectivity index (χ3n) is 4.06. The molecule has 1 aromatic rings. The smallest absolute Gasteiger partial charge is 0.365 e. The molecule has 9 heteroatoms. The highest BCUT2D eigenvalue weighted by Gasteiger charge is 2.40. The van der Waals surface area contributed by atoms with Crippen LogP contribution in [0.4, 0.5) is 19.0 Å². The van der Waals surface area contributed by atoms with E-state index in [2.05, 4.69) is 20.8 Å². The minimum Gasteiger partial charge on any atom is -0.365 e. The molecule has 21 heavy (non-hydrogen) atoms. The second kappa shape index (κ2) is 6.14. The molecule has 2 aliphatic rings. The summed E-state index contributed by atoms with van der Waals surface area (Å²) in [5.74, 6) is 0.865. The van der Waals surface area contributed by atoms with E-state index in [1.54, 1.807) is 0 Å². The van der Waals surface area contributed by atoms with Crippen LogP contribution in [0.3, 0.4) is 0 Å². The Balaban J connectivity index is 0.00000161. The van der Waals surface area contributed by atoms with Gasteiger partial charge in [0.2, 0.25) is 0 Å². The summed E-state index contributed by atoms with van der Waals surface area (Å²) < 4.78 is 38.9. The summed E-state index contributed by atoms with van der Waals surface area (Å²) in [6.07, 6.45) is -2.77. The summed E-state index contributed by atoms with van der Waals surface area (Å²) in [5.41, 5.74) is -0.854. The molecule has 2 fully saturated rings. The lowest BCUT2D eigenvalue weighted by Crippen LogP contribution is -2.23. The molecule has 118 valence electrons. The number of fused-ring (bicyclic) bond motifs is 1. The quantitative estimate of drug-likeness (QED) is 0.867. The van der Waals surface area contributed by atoms with Crippen LogP contribution in [0.25, 0.3) is 0 Å². The predicted molar refractivity (Wildman–Crippen MR) is 75.8 cm³/mol. The lowest BCUT2D eigenvalue weighted by atomic mass is 10.0. The molecular formula is C12H15Cl2F3N4. The monoisotopic (exact) mass is 342 g/mol. The standard InChI is InChI=1S/C12H14ClF3N4.ClH/c13-10-3-9(12(14,15)16)11(20-19-10)18-8-1-6-4-17-5-7(6)2-8;/h3,6-8,17H,1-2,4-5H2,(H,18,20);1H/t6-,7+,8+;. The van der Waals surface area contributed by atoms with Crippen molar-refractivity contribution in [2.45, 2.75) is 25.1 Å². The van der Waals surface area contributed by atoms with Gasteiger partial charge in [0.05, 0.1) is 0 Å². The fourth-order valence-electron chi connectivity index (χ4n) is 3.17. The first-order valence-corrected chi connectivity index (χ1v) is 6.89. The number of halogens is 5. The van der Waals surface area contributed by atoms with Crippen LogP contribution in [0.15, 0.2) is 6.07 Å². The van der Waals surface area contributed by atoms with Crippen LogP contribution >= 0.6 is 24.0 Å². The van der Waals surface area contributed by atoms with Crippen molar-refractivity contribution in [3.63, 3.8) is 0 Å². The second-order valence-corrected chi connectivity index (χ2v) is 5.81. The number of nitrogens with zero attached hydrogens (tertiary/aromatic N) is 2.